The van der Waals surface area contributed by atoms with E-state index >= 15 is 0 Å². The van der Waals surface area contributed by atoms with Gasteiger partial charge in [-0.1, -0.05) is 41.4 Å². The van der Waals surface area contributed by atoms with Crippen LogP contribution in [0.25, 0.3) is 0 Å². The van der Waals surface area contributed by atoms with Crippen LogP contribution in [0, 0.1) is 5.92 Å². The molecule has 1 amide bonds. The van der Waals surface area contributed by atoms with E-state index in [0.717, 1.165) is 10.9 Å². The van der Waals surface area contributed by atoms with Gasteiger partial charge in [-0.2, -0.15) is 0 Å². The molecule has 0 bridgehead atoms. The van der Waals surface area contributed by atoms with Crippen LogP contribution in [0.5, 0.6) is 0 Å². The van der Waals surface area contributed by atoms with Crippen molar-refractivity contribution in [2.24, 2.45) is 5.92 Å². The van der Waals surface area contributed by atoms with E-state index in [0.29, 0.717) is 23.2 Å². The van der Waals surface area contributed by atoms with Crippen LogP contribution in [0.4, 0.5) is 5.69 Å². The van der Waals surface area contributed by atoms with Crippen LogP contribution in [0.15, 0.2) is 22.7 Å². The molecule has 0 aromatic heterocycles. The fourth-order valence-electron chi connectivity index (χ4n) is 1.70. The van der Waals surface area contributed by atoms with Crippen molar-refractivity contribution in [3.05, 3.63) is 27.7 Å². The molecule has 0 aliphatic carbocycles. The first kappa shape index (κ1) is 17.5. The molecular weight excluding hydrogens is 342 g/mol. The average Bonchev–Trinajstić information content (AvgIpc) is 2.36. The van der Waals surface area contributed by atoms with E-state index in [-0.39, 0.29) is 5.91 Å². The Labute approximate surface area is 134 Å². The molecule has 0 radical (unpaired) electrons. The summed E-state index contributed by atoms with van der Waals surface area (Å²) in [4.78, 5) is 13.8. The normalized spacial score (nSPS) is 12.6. The lowest BCUT2D eigenvalue weighted by Crippen LogP contribution is -2.36. The number of rotatable bonds is 6. The van der Waals surface area contributed by atoms with E-state index in [1.54, 1.807) is 20.0 Å². The molecule has 1 rings (SSSR count). The number of nitrogens with zero attached hydrogens (tertiary/aromatic N) is 1. The van der Waals surface area contributed by atoms with Gasteiger partial charge in [0.25, 0.3) is 5.91 Å². The lowest BCUT2D eigenvalue weighted by molar-refractivity contribution is -0.128. The Morgan fingerprint density at radius 3 is 2.60 bits per heavy atom. The van der Waals surface area contributed by atoms with Gasteiger partial charge in [-0.15, -0.1) is 0 Å². The lowest BCUT2D eigenvalue weighted by Gasteiger charge is -2.23. The van der Waals surface area contributed by atoms with Gasteiger partial charge in [0.2, 0.25) is 0 Å². The number of amides is 1. The summed E-state index contributed by atoms with van der Waals surface area (Å²) in [6.45, 7) is 6.62. The zero-order valence-electron chi connectivity index (χ0n) is 12.3. The lowest BCUT2D eigenvalue weighted by atomic mass is 10.1. The number of halogens is 2. The van der Waals surface area contributed by atoms with E-state index in [2.05, 4.69) is 29.8 Å². The quantitative estimate of drug-likeness (QED) is 0.745. The van der Waals surface area contributed by atoms with Crippen molar-refractivity contribution in [1.29, 1.82) is 0 Å². The minimum absolute atomic E-state index is 0.0991. The molecule has 0 heterocycles. The van der Waals surface area contributed by atoms with Gasteiger partial charge in [-0.25, -0.2) is 0 Å². The maximum Gasteiger partial charge on any atom is 0.255 e. The topological polar surface area (TPSA) is 29.5 Å². The van der Waals surface area contributed by atoms with Crippen molar-refractivity contribution in [3.63, 3.8) is 0 Å². The minimum atomic E-state index is -0.474. The molecule has 0 aliphatic rings. The Bertz CT molecular complexity index is 465. The maximum atomic E-state index is 12.3. The first-order valence-electron chi connectivity index (χ1n) is 6.67. The fourth-order valence-corrected chi connectivity index (χ4v) is 2.50. The van der Waals surface area contributed by atoms with E-state index in [1.807, 2.05) is 12.1 Å². The van der Waals surface area contributed by atoms with Gasteiger partial charge in [-0.3, -0.25) is 4.79 Å². The summed E-state index contributed by atoms with van der Waals surface area (Å²) in [6.07, 6.45) is 0.471. The largest absolute Gasteiger partial charge is 0.369 e. The number of hydrogen-bond donors (Lipinski definition) is 0. The predicted molar refractivity (Wildman–Crippen MR) is 87.4 cm³/mol. The second-order valence-corrected chi connectivity index (χ2v) is 6.51. The summed E-state index contributed by atoms with van der Waals surface area (Å²) in [5, 5.41) is 0.532. The maximum absolute atomic E-state index is 12.3. The van der Waals surface area contributed by atoms with Crippen molar-refractivity contribution in [3.8, 4) is 0 Å². The van der Waals surface area contributed by atoms with E-state index in [4.69, 9.17) is 16.3 Å². The summed E-state index contributed by atoms with van der Waals surface area (Å²) in [7, 11) is 1.71. The molecular formula is C15H21BrClNO2. The number of likely N-dealkylation sites (N-methyl/N-ethyl adjacent to an activating group) is 1. The minimum Gasteiger partial charge on any atom is -0.369 e. The molecule has 1 aromatic carbocycles. The highest BCUT2D eigenvalue weighted by Gasteiger charge is 2.21. The third kappa shape index (κ3) is 5.08. The molecule has 0 aliphatic heterocycles. The van der Waals surface area contributed by atoms with E-state index in [9.17, 15) is 4.79 Å². The van der Waals surface area contributed by atoms with Gasteiger partial charge in [0.05, 0.1) is 10.7 Å². The zero-order valence-corrected chi connectivity index (χ0v) is 14.7. The molecule has 1 aromatic rings. The Balaban J connectivity index is 2.66. The molecule has 0 saturated heterocycles. The number of benzene rings is 1. The summed E-state index contributed by atoms with van der Waals surface area (Å²) < 4.78 is 6.46. The van der Waals surface area contributed by atoms with Crippen LogP contribution in [0.3, 0.4) is 0 Å². The predicted octanol–water partition coefficient (Wildman–Crippen LogP) is 4.52. The number of anilines is 1. The van der Waals surface area contributed by atoms with Crippen LogP contribution in [0.2, 0.25) is 5.02 Å². The number of ether oxygens (including phenoxy) is 1. The van der Waals surface area contributed by atoms with Crippen LogP contribution in [-0.4, -0.2) is 25.7 Å². The Hall–Kier alpha value is -0.580. The second kappa shape index (κ2) is 8.01. The van der Waals surface area contributed by atoms with Crippen LogP contribution in [-0.2, 0) is 9.53 Å². The van der Waals surface area contributed by atoms with E-state index < -0.39 is 6.10 Å². The monoisotopic (exact) mass is 361 g/mol. The van der Waals surface area contributed by atoms with Crippen LogP contribution >= 0.6 is 27.5 Å². The summed E-state index contributed by atoms with van der Waals surface area (Å²) in [6, 6.07) is 5.44. The number of carbonyl (C=O) groups is 1. The standard InChI is InChI=1S/C15H21BrClNO2/c1-10(2)7-8-20-11(3)15(19)18(4)14-6-5-12(16)9-13(14)17/h5-6,9-11H,7-8H2,1-4H3. The average molecular weight is 363 g/mol. The molecule has 5 heteroatoms. The molecule has 0 N–H and O–H groups in total. The van der Waals surface area contributed by atoms with Gasteiger partial charge in [0.1, 0.15) is 6.10 Å². The molecule has 112 valence electrons. The van der Waals surface area contributed by atoms with Gasteiger partial charge in [-0.05, 0) is 37.5 Å². The third-order valence-electron chi connectivity index (χ3n) is 3.01. The summed E-state index contributed by atoms with van der Waals surface area (Å²) in [5.74, 6) is 0.467. The first-order chi connectivity index (χ1) is 9.32. The second-order valence-electron chi connectivity index (χ2n) is 5.19. The van der Waals surface area contributed by atoms with Crippen molar-refractivity contribution in [2.45, 2.75) is 33.3 Å². The summed E-state index contributed by atoms with van der Waals surface area (Å²) >= 11 is 9.50. The van der Waals surface area contributed by atoms with Crippen molar-refractivity contribution < 1.29 is 9.53 Å². The third-order valence-corrected chi connectivity index (χ3v) is 3.81. The van der Waals surface area contributed by atoms with Gasteiger partial charge in [0, 0.05) is 18.1 Å². The van der Waals surface area contributed by atoms with Crippen LogP contribution in [0.1, 0.15) is 27.2 Å². The molecule has 3 nitrogen and oxygen atoms in total. The Kier molecular flexibility index (Phi) is 7.00. The number of carbonyl (C=O) groups excluding carboxylic acids is 1. The molecule has 0 spiro atoms. The SMILES string of the molecule is CC(C)CCOC(C)C(=O)N(C)c1ccc(Br)cc1Cl. The van der Waals surface area contributed by atoms with Crippen molar-refractivity contribution in [1.82, 2.24) is 0 Å². The Morgan fingerprint density at radius 1 is 1.40 bits per heavy atom. The molecule has 0 saturated carbocycles. The van der Waals surface area contributed by atoms with Crippen molar-refractivity contribution >= 4 is 39.1 Å². The molecule has 1 unspecified atom stereocenters. The highest BCUT2D eigenvalue weighted by Crippen LogP contribution is 2.28. The molecule has 20 heavy (non-hydrogen) atoms. The van der Waals surface area contributed by atoms with Crippen LogP contribution < -0.4 is 4.90 Å². The molecule has 1 atom stereocenters. The highest BCUT2D eigenvalue weighted by molar-refractivity contribution is 9.10. The Morgan fingerprint density at radius 2 is 2.05 bits per heavy atom. The van der Waals surface area contributed by atoms with Gasteiger partial charge in [0.15, 0.2) is 0 Å². The van der Waals surface area contributed by atoms with Gasteiger partial charge < -0.3 is 9.64 Å². The van der Waals surface area contributed by atoms with E-state index in [1.165, 1.54) is 4.90 Å². The smallest absolute Gasteiger partial charge is 0.255 e. The zero-order chi connectivity index (χ0) is 15.3. The first-order valence-corrected chi connectivity index (χ1v) is 7.84. The molecule has 0 fully saturated rings. The highest BCUT2D eigenvalue weighted by atomic mass is 79.9. The fraction of sp³-hybridized carbons (Fsp3) is 0.533. The van der Waals surface area contributed by atoms with Gasteiger partial charge >= 0.3 is 0 Å². The number of hydrogen-bond acceptors (Lipinski definition) is 2. The van der Waals surface area contributed by atoms with Crippen molar-refractivity contribution in [2.75, 3.05) is 18.6 Å². The summed E-state index contributed by atoms with van der Waals surface area (Å²) in [5.41, 5.74) is 0.680.